The van der Waals surface area contributed by atoms with Gasteiger partial charge in [-0.1, -0.05) is 31.5 Å². The summed E-state index contributed by atoms with van der Waals surface area (Å²) in [5, 5.41) is 10.1. The summed E-state index contributed by atoms with van der Waals surface area (Å²) < 4.78 is 13.9. The van der Waals surface area contributed by atoms with Gasteiger partial charge in [0.05, 0.1) is 12.1 Å². The minimum Gasteiger partial charge on any atom is -0.392 e. The van der Waals surface area contributed by atoms with Crippen LogP contribution in [-0.2, 0) is 16.1 Å². The van der Waals surface area contributed by atoms with Gasteiger partial charge >= 0.3 is 0 Å². The Morgan fingerprint density at radius 3 is 2.70 bits per heavy atom. The number of carbonyl (C=O) groups excluding carboxylic acids is 2. The maximum atomic E-state index is 13.9. The minimum absolute atomic E-state index is 0.156. The zero-order valence-electron chi connectivity index (χ0n) is 15.6. The number of carbonyl (C=O) groups is 2. The van der Waals surface area contributed by atoms with E-state index in [2.05, 4.69) is 0 Å². The van der Waals surface area contributed by atoms with Gasteiger partial charge in [-0.25, -0.2) is 4.39 Å². The van der Waals surface area contributed by atoms with Crippen molar-refractivity contribution in [3.8, 4) is 0 Å². The number of piperazine rings is 1. The van der Waals surface area contributed by atoms with Gasteiger partial charge < -0.3 is 5.11 Å². The molecule has 1 spiro atoms. The maximum Gasteiger partial charge on any atom is 0.252 e. The Kier molecular flexibility index (Phi) is 4.78. The van der Waals surface area contributed by atoms with E-state index < -0.39 is 17.7 Å². The third kappa shape index (κ3) is 2.98. The molecule has 2 amide bonds. The molecule has 6 nitrogen and oxygen atoms in total. The van der Waals surface area contributed by atoms with Crippen LogP contribution in [-0.4, -0.2) is 75.5 Å². The quantitative estimate of drug-likeness (QED) is 0.778. The molecule has 0 aliphatic carbocycles. The zero-order chi connectivity index (χ0) is 19.2. The molecule has 1 aromatic rings. The van der Waals surface area contributed by atoms with Gasteiger partial charge in [-0.2, -0.15) is 0 Å². The lowest BCUT2D eigenvalue weighted by Crippen LogP contribution is -2.81. The molecular weight excluding hydrogens is 349 g/mol. The summed E-state index contributed by atoms with van der Waals surface area (Å²) in [5.41, 5.74) is -0.165. The summed E-state index contributed by atoms with van der Waals surface area (Å²) in [5.74, 6) is -0.582. The van der Waals surface area contributed by atoms with Crippen LogP contribution in [0.5, 0.6) is 0 Å². The fourth-order valence-corrected chi connectivity index (χ4v) is 4.69. The maximum absolute atomic E-state index is 13.9. The second-order valence-corrected chi connectivity index (χ2v) is 7.97. The summed E-state index contributed by atoms with van der Waals surface area (Å²) in [6.45, 7) is 4.16. The van der Waals surface area contributed by atoms with E-state index in [-0.39, 0.29) is 17.6 Å². The van der Waals surface area contributed by atoms with Crippen LogP contribution in [0.4, 0.5) is 4.39 Å². The number of aliphatic hydroxyl groups excluding tert-OH is 1. The van der Waals surface area contributed by atoms with E-state index in [4.69, 9.17) is 0 Å². The standard InChI is InChI=1S/C20H26FN3O3/c1-2-3-8-23-18(26)17-9-15(25)11-24(17)20(19(23)27)12-22(13-20)10-14-6-4-5-7-16(14)21/h4-7,15,17,25H,2-3,8-13H2,1H3/t15-,17+/m1/s1. The Morgan fingerprint density at radius 2 is 2.00 bits per heavy atom. The summed E-state index contributed by atoms with van der Waals surface area (Å²) in [6, 6.07) is 6.23. The van der Waals surface area contributed by atoms with Crippen molar-refractivity contribution in [2.24, 2.45) is 0 Å². The van der Waals surface area contributed by atoms with Crippen LogP contribution >= 0.6 is 0 Å². The molecule has 0 unspecified atom stereocenters. The second kappa shape index (κ2) is 6.96. The normalized spacial score (nSPS) is 27.9. The van der Waals surface area contributed by atoms with Gasteiger partial charge in [0, 0.05) is 38.3 Å². The van der Waals surface area contributed by atoms with Gasteiger partial charge in [-0.15, -0.1) is 0 Å². The van der Waals surface area contributed by atoms with Crippen LogP contribution in [0.15, 0.2) is 24.3 Å². The molecule has 0 aromatic heterocycles. The average Bonchev–Trinajstić information content (AvgIpc) is 3.00. The molecule has 3 fully saturated rings. The van der Waals surface area contributed by atoms with E-state index in [1.807, 2.05) is 16.7 Å². The monoisotopic (exact) mass is 375 g/mol. The molecule has 1 N–H and O–H groups in total. The van der Waals surface area contributed by atoms with Crippen molar-refractivity contribution in [1.82, 2.24) is 14.7 Å². The number of imide groups is 1. The topological polar surface area (TPSA) is 64.1 Å². The summed E-state index contributed by atoms with van der Waals surface area (Å²) in [4.78, 5) is 31.4. The Balaban J connectivity index is 1.54. The molecule has 3 aliphatic rings. The molecule has 3 aliphatic heterocycles. The molecular formula is C20H26FN3O3. The molecule has 3 saturated heterocycles. The first-order chi connectivity index (χ1) is 13.0. The largest absolute Gasteiger partial charge is 0.392 e. The molecule has 0 saturated carbocycles. The number of hydrogen-bond acceptors (Lipinski definition) is 5. The molecule has 2 atom stereocenters. The first-order valence-electron chi connectivity index (χ1n) is 9.72. The Morgan fingerprint density at radius 1 is 1.26 bits per heavy atom. The summed E-state index contributed by atoms with van der Waals surface area (Å²) in [6.07, 6.45) is 1.47. The van der Waals surface area contributed by atoms with Crippen LogP contribution in [0.1, 0.15) is 31.7 Å². The third-order valence-corrected chi connectivity index (χ3v) is 6.08. The van der Waals surface area contributed by atoms with E-state index in [0.717, 1.165) is 12.8 Å². The van der Waals surface area contributed by atoms with Crippen LogP contribution in [0, 0.1) is 5.82 Å². The molecule has 1 aromatic carbocycles. The number of halogens is 1. The van der Waals surface area contributed by atoms with E-state index in [0.29, 0.717) is 44.7 Å². The van der Waals surface area contributed by atoms with E-state index >= 15 is 0 Å². The lowest BCUT2D eigenvalue weighted by Gasteiger charge is -2.58. The van der Waals surface area contributed by atoms with Crippen LogP contribution < -0.4 is 0 Å². The zero-order valence-corrected chi connectivity index (χ0v) is 15.6. The average molecular weight is 375 g/mol. The lowest BCUT2D eigenvalue weighted by molar-refractivity contribution is -0.180. The van der Waals surface area contributed by atoms with Gasteiger partial charge in [-0.05, 0) is 18.9 Å². The van der Waals surface area contributed by atoms with Crippen molar-refractivity contribution >= 4 is 11.8 Å². The number of aliphatic hydroxyl groups is 1. The molecule has 4 rings (SSSR count). The predicted octanol–water partition coefficient (Wildman–Crippen LogP) is 0.984. The predicted molar refractivity (Wildman–Crippen MR) is 97.2 cm³/mol. The Labute approximate surface area is 158 Å². The second-order valence-electron chi connectivity index (χ2n) is 7.97. The highest BCUT2D eigenvalue weighted by Crippen LogP contribution is 2.41. The minimum atomic E-state index is -0.769. The Hall–Kier alpha value is -1.83. The summed E-state index contributed by atoms with van der Waals surface area (Å²) in [7, 11) is 0. The van der Waals surface area contributed by atoms with Gasteiger partial charge in [-0.3, -0.25) is 24.3 Å². The fraction of sp³-hybridized carbons (Fsp3) is 0.600. The highest BCUT2D eigenvalue weighted by molar-refractivity contribution is 6.06. The molecule has 146 valence electrons. The smallest absolute Gasteiger partial charge is 0.252 e. The molecule has 0 radical (unpaired) electrons. The number of nitrogens with zero attached hydrogens (tertiary/aromatic N) is 3. The van der Waals surface area contributed by atoms with Crippen molar-refractivity contribution in [3.05, 3.63) is 35.6 Å². The number of rotatable bonds is 5. The number of likely N-dealkylation sites (tertiary alicyclic amines) is 1. The number of unbranched alkanes of at least 4 members (excludes halogenated alkanes) is 1. The van der Waals surface area contributed by atoms with E-state index in [1.54, 1.807) is 18.2 Å². The number of amides is 2. The van der Waals surface area contributed by atoms with Crippen molar-refractivity contribution in [2.45, 2.75) is 50.4 Å². The van der Waals surface area contributed by atoms with Crippen molar-refractivity contribution in [2.75, 3.05) is 26.2 Å². The SMILES string of the molecule is CCCCN1C(=O)[C@@H]2C[C@@H](O)CN2C2(CN(Cc3ccccc3F)C2)C1=O. The lowest BCUT2D eigenvalue weighted by atomic mass is 9.82. The number of benzene rings is 1. The van der Waals surface area contributed by atoms with Gasteiger partial charge in [0.25, 0.3) is 5.91 Å². The van der Waals surface area contributed by atoms with E-state index in [9.17, 15) is 19.1 Å². The molecule has 27 heavy (non-hydrogen) atoms. The first-order valence-corrected chi connectivity index (χ1v) is 9.72. The number of fused-ring (bicyclic) bond motifs is 2. The van der Waals surface area contributed by atoms with Crippen molar-refractivity contribution < 1.29 is 19.1 Å². The molecule has 0 bridgehead atoms. The van der Waals surface area contributed by atoms with Gasteiger partial charge in [0.1, 0.15) is 11.4 Å². The van der Waals surface area contributed by atoms with E-state index in [1.165, 1.54) is 11.0 Å². The fourth-order valence-electron chi connectivity index (χ4n) is 4.69. The van der Waals surface area contributed by atoms with Crippen molar-refractivity contribution in [3.63, 3.8) is 0 Å². The first kappa shape index (κ1) is 18.5. The van der Waals surface area contributed by atoms with Crippen LogP contribution in [0.2, 0.25) is 0 Å². The molecule has 7 heteroatoms. The highest BCUT2D eigenvalue weighted by Gasteiger charge is 2.63. The van der Waals surface area contributed by atoms with Crippen LogP contribution in [0.25, 0.3) is 0 Å². The number of β-amino-alcohol motifs (C(OH)–C–C–N with tert-alkyl or cyclic N) is 1. The third-order valence-electron chi connectivity index (χ3n) is 6.08. The van der Waals surface area contributed by atoms with Crippen molar-refractivity contribution in [1.29, 1.82) is 0 Å². The van der Waals surface area contributed by atoms with Gasteiger partial charge in [0.2, 0.25) is 5.91 Å². The Bertz CT molecular complexity index is 750. The van der Waals surface area contributed by atoms with Gasteiger partial charge in [0.15, 0.2) is 0 Å². The molecule has 3 heterocycles. The van der Waals surface area contributed by atoms with Crippen LogP contribution in [0.3, 0.4) is 0 Å². The highest BCUT2D eigenvalue weighted by atomic mass is 19.1. The number of hydrogen-bond donors (Lipinski definition) is 1. The summed E-state index contributed by atoms with van der Waals surface area (Å²) >= 11 is 0.